The van der Waals surface area contributed by atoms with Gasteiger partial charge in [0.2, 0.25) is 5.55 Å². The van der Waals surface area contributed by atoms with Crippen molar-refractivity contribution in [3.05, 3.63) is 12.7 Å². The van der Waals surface area contributed by atoms with Gasteiger partial charge in [0, 0.05) is 12.5 Å². The van der Waals surface area contributed by atoms with Crippen molar-refractivity contribution in [1.82, 2.24) is 0 Å². The topological polar surface area (TPSA) is 26.3 Å². The van der Waals surface area contributed by atoms with E-state index in [2.05, 4.69) is 6.58 Å². The lowest BCUT2D eigenvalue weighted by molar-refractivity contribution is -0.137. The van der Waals surface area contributed by atoms with Crippen LogP contribution in [0.4, 0.5) is 8.78 Å². The third-order valence-corrected chi connectivity index (χ3v) is 4.42. The van der Waals surface area contributed by atoms with E-state index in [0.29, 0.717) is 13.0 Å². The van der Waals surface area contributed by atoms with E-state index in [1.54, 1.807) is 0 Å². The molecule has 0 aliphatic rings. The molecule has 5 heteroatoms. The highest BCUT2D eigenvalue weighted by molar-refractivity contribution is 6.13. The summed E-state index contributed by atoms with van der Waals surface area (Å²) >= 11 is 0. The molecule has 0 rings (SSSR count). The first-order valence-electron chi connectivity index (χ1n) is 9.13. The van der Waals surface area contributed by atoms with Crippen LogP contribution in [-0.4, -0.2) is 28.4 Å². The molecular formula is C18H34F2O2Si. The zero-order valence-corrected chi connectivity index (χ0v) is 16.8. The average molecular weight is 349 g/mol. The van der Waals surface area contributed by atoms with Gasteiger partial charge < -0.3 is 4.74 Å². The fraction of sp³-hybridized carbons (Fsp3) is 0.833. The molecule has 0 spiro atoms. The number of unbranched alkanes of at least 4 members (excludes halogenated alkanes) is 11. The predicted molar refractivity (Wildman–Crippen MR) is 96.1 cm³/mol. The van der Waals surface area contributed by atoms with Crippen molar-refractivity contribution in [1.29, 1.82) is 0 Å². The third kappa shape index (κ3) is 19.2. The first kappa shape index (κ1) is 22.3. The van der Waals surface area contributed by atoms with Gasteiger partial charge in [-0.1, -0.05) is 70.8 Å². The molecular weight excluding hydrogens is 314 g/mol. The van der Waals surface area contributed by atoms with E-state index in [1.165, 1.54) is 51.0 Å². The number of hydrogen-bond donors (Lipinski definition) is 0. The summed E-state index contributed by atoms with van der Waals surface area (Å²) in [4.78, 5) is 10.8. The summed E-state index contributed by atoms with van der Waals surface area (Å²) in [7, 11) is -0.0109. The van der Waals surface area contributed by atoms with E-state index < -0.39 is 5.55 Å². The summed E-state index contributed by atoms with van der Waals surface area (Å²) in [6, 6.07) is 0. The SMILES string of the molecule is C=CC(=O)OCCCCCCCCCCCCCCC(F)(F)[SiH3]. The Kier molecular flexibility index (Phi) is 14.4. The molecule has 0 aromatic carbocycles. The van der Waals surface area contributed by atoms with E-state index >= 15 is 0 Å². The van der Waals surface area contributed by atoms with Gasteiger partial charge in [-0.05, 0) is 12.8 Å². The zero-order chi connectivity index (χ0) is 17.4. The highest BCUT2D eigenvalue weighted by atomic mass is 28.1. The lowest BCUT2D eigenvalue weighted by Crippen LogP contribution is -2.14. The van der Waals surface area contributed by atoms with Crippen LogP contribution in [0.3, 0.4) is 0 Å². The van der Waals surface area contributed by atoms with E-state index in [-0.39, 0.29) is 22.6 Å². The lowest BCUT2D eigenvalue weighted by atomic mass is 10.0. The number of hydrogen-bond acceptors (Lipinski definition) is 2. The standard InChI is InChI=1S/C18H34F2O2Si/c1-2-17(21)22-16-14-12-10-8-6-4-3-5-7-9-11-13-15-18(19,20)23/h2H,1,3-16H2,23H3. The highest BCUT2D eigenvalue weighted by Gasteiger charge is 2.18. The van der Waals surface area contributed by atoms with Crippen molar-refractivity contribution in [2.45, 2.75) is 89.0 Å². The van der Waals surface area contributed by atoms with Crippen LogP contribution in [0, 0.1) is 0 Å². The van der Waals surface area contributed by atoms with Gasteiger partial charge in [0.15, 0.2) is 0 Å². The van der Waals surface area contributed by atoms with E-state index in [9.17, 15) is 13.6 Å². The lowest BCUT2D eigenvalue weighted by Gasteiger charge is -2.09. The van der Waals surface area contributed by atoms with Crippen molar-refractivity contribution in [2.75, 3.05) is 6.61 Å². The molecule has 0 aliphatic heterocycles. The maximum atomic E-state index is 12.7. The van der Waals surface area contributed by atoms with E-state index in [1.807, 2.05) is 0 Å². The summed E-state index contributed by atoms with van der Waals surface area (Å²) in [6.07, 6.45) is 14.7. The third-order valence-electron chi connectivity index (χ3n) is 3.92. The Hall–Kier alpha value is -0.713. The Bertz CT molecular complexity index is 304. The van der Waals surface area contributed by atoms with Gasteiger partial charge in [-0.3, -0.25) is 0 Å². The van der Waals surface area contributed by atoms with Crippen LogP contribution in [0.25, 0.3) is 0 Å². The molecule has 23 heavy (non-hydrogen) atoms. The van der Waals surface area contributed by atoms with Gasteiger partial charge in [-0.25, -0.2) is 13.6 Å². The normalized spacial score (nSPS) is 11.6. The van der Waals surface area contributed by atoms with E-state index in [0.717, 1.165) is 25.7 Å². The maximum Gasteiger partial charge on any atom is 0.330 e. The Morgan fingerprint density at radius 2 is 1.26 bits per heavy atom. The summed E-state index contributed by atoms with van der Waals surface area (Å²) in [5.41, 5.74) is -2.35. The predicted octanol–water partition coefficient (Wildman–Crippen LogP) is 4.75. The van der Waals surface area contributed by atoms with Gasteiger partial charge in [0.05, 0.1) is 16.8 Å². The molecule has 0 amide bonds. The van der Waals surface area contributed by atoms with Crippen molar-refractivity contribution in [2.24, 2.45) is 0 Å². The van der Waals surface area contributed by atoms with Crippen LogP contribution in [0.1, 0.15) is 83.5 Å². The van der Waals surface area contributed by atoms with Crippen LogP contribution in [0.5, 0.6) is 0 Å². The van der Waals surface area contributed by atoms with Crippen LogP contribution in [0.15, 0.2) is 12.7 Å². The van der Waals surface area contributed by atoms with E-state index in [4.69, 9.17) is 4.74 Å². The number of halogens is 2. The van der Waals surface area contributed by atoms with Crippen LogP contribution >= 0.6 is 0 Å². The van der Waals surface area contributed by atoms with Gasteiger partial charge in [0.25, 0.3) is 0 Å². The van der Waals surface area contributed by atoms with Crippen LogP contribution in [0.2, 0.25) is 0 Å². The van der Waals surface area contributed by atoms with Gasteiger partial charge in [-0.15, -0.1) is 0 Å². The van der Waals surface area contributed by atoms with Gasteiger partial charge in [0.1, 0.15) is 0 Å². The fourth-order valence-electron chi connectivity index (χ4n) is 2.54. The number of rotatable bonds is 16. The Labute approximate surface area is 143 Å². The zero-order valence-electron chi connectivity index (χ0n) is 14.8. The van der Waals surface area contributed by atoms with Crippen molar-refractivity contribution in [3.63, 3.8) is 0 Å². The Morgan fingerprint density at radius 1 is 0.870 bits per heavy atom. The Morgan fingerprint density at radius 3 is 1.65 bits per heavy atom. The second-order valence-electron chi connectivity index (χ2n) is 6.43. The average Bonchev–Trinajstić information content (AvgIpc) is 2.49. The fourth-order valence-corrected chi connectivity index (χ4v) is 2.89. The molecule has 0 N–H and O–H groups in total. The molecule has 0 bridgehead atoms. The number of carbonyl (C=O) groups is 1. The van der Waals surface area contributed by atoms with Crippen LogP contribution < -0.4 is 0 Å². The van der Waals surface area contributed by atoms with Gasteiger partial charge in [-0.2, -0.15) is 0 Å². The molecule has 0 saturated carbocycles. The molecule has 136 valence electrons. The van der Waals surface area contributed by atoms with Crippen LogP contribution in [-0.2, 0) is 9.53 Å². The van der Waals surface area contributed by atoms with Gasteiger partial charge >= 0.3 is 5.97 Å². The van der Waals surface area contributed by atoms with Crippen molar-refractivity contribution >= 4 is 16.2 Å². The first-order valence-corrected chi connectivity index (χ1v) is 10.1. The Balaban J connectivity index is 3.08. The quantitative estimate of drug-likeness (QED) is 0.174. The monoisotopic (exact) mass is 348 g/mol. The number of esters is 1. The second kappa shape index (κ2) is 14.9. The highest BCUT2D eigenvalue weighted by Crippen LogP contribution is 2.18. The first-order chi connectivity index (χ1) is 11.0. The molecule has 0 aromatic rings. The summed E-state index contributed by atoms with van der Waals surface area (Å²) in [5, 5.41) is 0. The molecule has 0 unspecified atom stereocenters. The maximum absolute atomic E-state index is 12.7. The second-order valence-corrected chi connectivity index (χ2v) is 7.90. The molecule has 0 saturated heterocycles. The minimum Gasteiger partial charge on any atom is -0.463 e. The molecule has 0 radical (unpaired) electrons. The molecule has 0 atom stereocenters. The number of ether oxygens (including phenoxy) is 1. The smallest absolute Gasteiger partial charge is 0.330 e. The summed E-state index contributed by atoms with van der Waals surface area (Å²) < 4.78 is 30.2. The minimum atomic E-state index is -2.35. The molecule has 0 aromatic heterocycles. The number of alkyl halides is 2. The molecule has 2 nitrogen and oxygen atoms in total. The number of carbonyl (C=O) groups excluding carboxylic acids is 1. The summed E-state index contributed by atoms with van der Waals surface area (Å²) in [5.74, 6) is -0.338. The molecule has 0 aliphatic carbocycles. The minimum absolute atomic E-state index is 0.0109. The summed E-state index contributed by atoms with van der Waals surface area (Å²) in [6.45, 7) is 3.85. The molecule has 0 heterocycles. The van der Waals surface area contributed by atoms with Crippen molar-refractivity contribution < 1.29 is 18.3 Å². The van der Waals surface area contributed by atoms with Crippen molar-refractivity contribution in [3.8, 4) is 0 Å². The molecule has 0 fully saturated rings. The largest absolute Gasteiger partial charge is 0.463 e.